The number of aliphatic hydroxyl groups excluding tert-OH is 3. The molecule has 306 valence electrons. The smallest absolute Gasteiger partial charge is 0.312 e. The topological polar surface area (TPSA) is 214 Å². The number of nitrogens with one attached hydrogen (secondary N) is 1. The number of phenolic OH excluding ortho intramolecular Hbond substituents is 3. The van der Waals surface area contributed by atoms with Crippen LogP contribution < -0.4 is 10.1 Å². The van der Waals surface area contributed by atoms with Crippen molar-refractivity contribution in [2.75, 3.05) is 45.7 Å². The monoisotopic (exact) mass is 780 g/mol. The second-order valence-corrected chi connectivity index (χ2v) is 15.5. The number of fused-ring (bicyclic) bond motifs is 14. The number of hydrazone groups is 1. The molecule has 0 saturated carbocycles. The van der Waals surface area contributed by atoms with E-state index in [1.54, 1.807) is 44.9 Å². The molecule has 2 aromatic carbocycles. The number of amides is 1. The number of phenols is 3. The molecule has 4 aliphatic rings. The second kappa shape index (κ2) is 16.8. The molecular weight excluding hydrogens is 724 g/mol. The lowest BCUT2D eigenvalue weighted by molar-refractivity contribution is -0.112. The number of hydrogen-bond acceptors (Lipinski definition) is 14. The van der Waals surface area contributed by atoms with Crippen LogP contribution in [-0.4, -0.2) is 129 Å². The molecule has 15 nitrogen and oxygen atoms in total. The van der Waals surface area contributed by atoms with Gasteiger partial charge in [0.2, 0.25) is 0 Å². The number of nitrogens with zero attached hydrogens (tertiary/aromatic N) is 3. The first-order chi connectivity index (χ1) is 26.3. The molecule has 2 aromatic rings. The van der Waals surface area contributed by atoms with Gasteiger partial charge in [0.05, 0.1) is 59.1 Å². The van der Waals surface area contributed by atoms with Gasteiger partial charge in [-0.15, -0.1) is 0 Å². The van der Waals surface area contributed by atoms with Crippen molar-refractivity contribution in [1.82, 2.24) is 9.91 Å². The number of benzene rings is 2. The number of methoxy groups -OCH3 is 1. The first-order valence-electron chi connectivity index (χ1n) is 18.9. The fourth-order valence-corrected chi connectivity index (χ4v) is 7.53. The van der Waals surface area contributed by atoms with Gasteiger partial charge in [0, 0.05) is 80.4 Å². The Labute approximate surface area is 327 Å². The predicted molar refractivity (Wildman–Crippen MR) is 211 cm³/mol. The normalized spacial score (nSPS) is 33.3. The maximum Gasteiger partial charge on any atom is 0.312 e. The quantitative estimate of drug-likeness (QED) is 0.134. The summed E-state index contributed by atoms with van der Waals surface area (Å²) < 4.78 is 17.7. The van der Waals surface area contributed by atoms with Crippen LogP contribution in [0.1, 0.15) is 63.0 Å². The van der Waals surface area contributed by atoms with Gasteiger partial charge >= 0.3 is 5.79 Å². The lowest BCUT2D eigenvalue weighted by Gasteiger charge is -2.36. The van der Waals surface area contributed by atoms with E-state index < -0.39 is 82.8 Å². The van der Waals surface area contributed by atoms with Gasteiger partial charge in [-0.25, -0.2) is 0 Å². The minimum atomic E-state index is -2.01. The summed E-state index contributed by atoms with van der Waals surface area (Å²) in [7, 11) is 3.43. The van der Waals surface area contributed by atoms with E-state index in [2.05, 4.69) is 15.3 Å². The van der Waals surface area contributed by atoms with Gasteiger partial charge < -0.3 is 55.1 Å². The van der Waals surface area contributed by atoms with Crippen LogP contribution in [0.15, 0.2) is 41.2 Å². The zero-order valence-electron chi connectivity index (χ0n) is 33.5. The third-order valence-electron chi connectivity index (χ3n) is 11.6. The minimum absolute atomic E-state index is 0.0688. The Kier molecular flexibility index (Phi) is 12.8. The van der Waals surface area contributed by atoms with Gasteiger partial charge in [-0.2, -0.15) is 5.10 Å². The Balaban J connectivity index is 1.70. The molecule has 1 unspecified atom stereocenters. The molecule has 15 heteroatoms. The maximum atomic E-state index is 14.3. The molecule has 9 atom stereocenters. The SMILES string of the molecule is CO[C@H]1/C=C/O[C@@]2(C)Oc3c(C)c(O)c4c(O)c(c(/C=N/N5CCN(C)CC5)c(O)c4c3C2=O)NC(=O)/C(C)=C\C=C\[C@H](C)[C@H](O)[C@@H](C)[C@@H](O)[C@@H](C)C(O)[C@@H]1C. The Hall–Kier alpha value is -4.67. The highest BCUT2D eigenvalue weighted by molar-refractivity contribution is 6.23. The fourth-order valence-electron chi connectivity index (χ4n) is 7.53. The molecule has 6 rings (SSSR count). The number of likely N-dealkylation sites (N-methyl/N-ethyl adjacent to an activating group) is 1. The van der Waals surface area contributed by atoms with Crippen molar-refractivity contribution in [3.05, 3.63) is 52.8 Å². The number of allylic oxidation sites excluding steroid dienone is 2. The largest absolute Gasteiger partial charge is 0.507 e. The van der Waals surface area contributed by atoms with Gasteiger partial charge in [0.15, 0.2) is 5.75 Å². The lowest BCUT2D eigenvalue weighted by atomic mass is 9.78. The standard InChI is InChI=1S/C41H56N4O11/c1-20-11-10-12-21(2)40(53)43-31-26(19-42-45-16-14-44(8)15-17-45)36(50)28-29(37(31)51)35(49)25(6)38-30(28)39(52)41(7,56-38)55-18-13-27(54-9)22(3)33(47)24(5)34(48)23(4)32(20)46/h10-13,18-20,22-24,27,32-34,46-51H,14-17H2,1-9H3,(H,43,53)/b11-10+,18-13+,21-12-,42-19+/t20-,22+,23+,24-,27-,32-,33?,34+,41-/m0/s1. The first kappa shape index (κ1) is 42.5. The van der Waals surface area contributed by atoms with Gasteiger partial charge in [-0.05, 0) is 27.0 Å². The molecule has 1 amide bonds. The fraction of sp³-hybridized carbons (Fsp3) is 0.537. The Morgan fingerprint density at radius 2 is 1.52 bits per heavy atom. The molecule has 7 N–H and O–H groups in total. The first-order valence-corrected chi connectivity index (χ1v) is 18.9. The number of ketones is 1. The van der Waals surface area contributed by atoms with E-state index in [1.165, 1.54) is 52.5 Å². The summed E-state index contributed by atoms with van der Waals surface area (Å²) in [4.78, 5) is 30.1. The van der Waals surface area contributed by atoms with Crippen molar-refractivity contribution in [3.63, 3.8) is 0 Å². The van der Waals surface area contributed by atoms with E-state index >= 15 is 0 Å². The molecule has 0 radical (unpaired) electrons. The second-order valence-electron chi connectivity index (χ2n) is 15.5. The number of carbonyl (C=O) groups is 2. The van der Waals surface area contributed by atoms with E-state index in [1.807, 2.05) is 7.05 Å². The van der Waals surface area contributed by atoms with Crippen LogP contribution >= 0.6 is 0 Å². The van der Waals surface area contributed by atoms with Gasteiger partial charge in [-0.3, -0.25) is 14.6 Å². The highest BCUT2D eigenvalue weighted by atomic mass is 16.7. The van der Waals surface area contributed by atoms with Crippen molar-refractivity contribution < 1.29 is 54.4 Å². The number of piperazine rings is 1. The van der Waals surface area contributed by atoms with Crippen LogP contribution in [0.25, 0.3) is 10.8 Å². The summed E-state index contributed by atoms with van der Waals surface area (Å²) in [6.07, 6.45) is 4.79. The van der Waals surface area contributed by atoms with Crippen LogP contribution in [-0.2, 0) is 14.3 Å². The molecule has 4 heterocycles. The predicted octanol–water partition coefficient (Wildman–Crippen LogP) is 3.76. The number of Topliss-reactive ketones (excluding diaryl/α,β-unsaturated/α-hetero) is 1. The summed E-state index contributed by atoms with van der Waals surface area (Å²) in [5, 5.41) is 77.6. The summed E-state index contributed by atoms with van der Waals surface area (Å²) in [5.74, 6) is -7.59. The molecular formula is C41H56N4O11. The van der Waals surface area contributed by atoms with Gasteiger partial charge in [0.1, 0.15) is 17.2 Å². The highest BCUT2D eigenvalue weighted by Gasteiger charge is 2.50. The number of aromatic hydroxyl groups is 3. The number of aliphatic hydroxyl groups is 3. The van der Waals surface area contributed by atoms with E-state index in [0.717, 1.165) is 13.1 Å². The van der Waals surface area contributed by atoms with Gasteiger partial charge in [0.25, 0.3) is 11.7 Å². The molecule has 4 aliphatic heterocycles. The van der Waals surface area contributed by atoms with E-state index in [-0.39, 0.29) is 44.5 Å². The third kappa shape index (κ3) is 7.96. The third-order valence-corrected chi connectivity index (χ3v) is 11.6. The highest BCUT2D eigenvalue weighted by Crippen LogP contribution is 2.55. The van der Waals surface area contributed by atoms with Crippen molar-refractivity contribution in [1.29, 1.82) is 0 Å². The van der Waals surface area contributed by atoms with Crippen molar-refractivity contribution in [3.8, 4) is 23.0 Å². The van der Waals surface area contributed by atoms with Gasteiger partial charge in [-0.1, -0.05) is 45.9 Å². The van der Waals surface area contributed by atoms with E-state index in [0.29, 0.717) is 13.1 Å². The number of anilines is 1. The van der Waals surface area contributed by atoms with Crippen molar-refractivity contribution in [2.45, 2.75) is 78.7 Å². The number of hydrogen-bond donors (Lipinski definition) is 7. The summed E-state index contributed by atoms with van der Waals surface area (Å²) in [6, 6.07) is 0. The molecule has 1 fully saturated rings. The van der Waals surface area contributed by atoms with Crippen LogP contribution in [0.4, 0.5) is 5.69 Å². The molecule has 0 aromatic heterocycles. The summed E-state index contributed by atoms with van der Waals surface area (Å²) in [5.41, 5.74) is -0.290. The van der Waals surface area contributed by atoms with Crippen LogP contribution in [0, 0.1) is 30.6 Å². The van der Waals surface area contributed by atoms with E-state index in [9.17, 15) is 40.2 Å². The van der Waals surface area contributed by atoms with Crippen molar-refractivity contribution >= 4 is 34.4 Å². The average molecular weight is 781 g/mol. The summed E-state index contributed by atoms with van der Waals surface area (Å²) in [6.45, 7) is 13.8. The van der Waals surface area contributed by atoms with Crippen molar-refractivity contribution in [2.24, 2.45) is 28.8 Å². The Bertz CT molecular complexity index is 1950. The zero-order valence-corrected chi connectivity index (χ0v) is 33.5. The van der Waals surface area contributed by atoms with Crippen LogP contribution in [0.2, 0.25) is 0 Å². The lowest BCUT2D eigenvalue weighted by Crippen LogP contribution is -2.44. The number of rotatable bonds is 3. The molecule has 1 saturated heterocycles. The van der Waals surface area contributed by atoms with Crippen LogP contribution in [0.5, 0.6) is 23.0 Å². The zero-order chi connectivity index (χ0) is 41.4. The number of ether oxygens (including phenoxy) is 3. The Morgan fingerprint density at radius 1 is 0.893 bits per heavy atom. The average Bonchev–Trinajstić information content (AvgIpc) is 3.44. The summed E-state index contributed by atoms with van der Waals surface area (Å²) >= 11 is 0. The Morgan fingerprint density at radius 3 is 2.16 bits per heavy atom. The molecule has 56 heavy (non-hydrogen) atoms. The van der Waals surface area contributed by atoms with E-state index in [4.69, 9.17) is 14.2 Å². The van der Waals surface area contributed by atoms with Crippen LogP contribution in [0.3, 0.4) is 0 Å². The number of carbonyl (C=O) groups excluding carboxylic acids is 2. The molecule has 0 aliphatic carbocycles. The maximum absolute atomic E-state index is 14.3. The molecule has 0 spiro atoms. The minimum Gasteiger partial charge on any atom is -0.507 e. The molecule has 5 bridgehead atoms.